The van der Waals surface area contributed by atoms with E-state index < -0.39 is 0 Å². The summed E-state index contributed by atoms with van der Waals surface area (Å²) < 4.78 is 0. The van der Waals surface area contributed by atoms with Crippen molar-refractivity contribution < 1.29 is 0 Å². The zero-order chi connectivity index (χ0) is 9.38. The highest BCUT2D eigenvalue weighted by Gasteiger charge is 2.14. The third kappa shape index (κ3) is 1.10. The standard InChI is InChI=1S/C12H13N2/c1-2-9-14(8-1)12-6-7-13-11-5-3-4-10(11)12/h3-7H,1-2,8-9H2/q-1. The van der Waals surface area contributed by atoms with Crippen molar-refractivity contribution >= 4 is 5.69 Å². The van der Waals surface area contributed by atoms with Crippen LogP contribution in [0.1, 0.15) is 12.8 Å². The van der Waals surface area contributed by atoms with E-state index in [1.54, 1.807) is 0 Å². The van der Waals surface area contributed by atoms with Gasteiger partial charge in [-0.05, 0) is 18.4 Å². The Morgan fingerprint density at radius 1 is 1.07 bits per heavy atom. The summed E-state index contributed by atoms with van der Waals surface area (Å²) in [5.41, 5.74) is 3.78. The molecule has 1 fully saturated rings. The zero-order valence-corrected chi connectivity index (χ0v) is 8.11. The van der Waals surface area contributed by atoms with Crippen molar-refractivity contribution in [2.75, 3.05) is 18.0 Å². The van der Waals surface area contributed by atoms with Crippen LogP contribution in [0.5, 0.6) is 0 Å². The number of fused-ring (bicyclic) bond motifs is 1. The quantitative estimate of drug-likeness (QED) is 0.678. The van der Waals surface area contributed by atoms with Gasteiger partial charge in [0.15, 0.2) is 0 Å². The zero-order valence-electron chi connectivity index (χ0n) is 8.11. The molecule has 1 aliphatic carbocycles. The number of pyridine rings is 1. The maximum Gasteiger partial charge on any atom is 0.0409 e. The number of nitrogens with zero attached hydrogens (tertiary/aromatic N) is 2. The molecule has 2 heterocycles. The minimum Gasteiger partial charge on any atom is -0.663 e. The van der Waals surface area contributed by atoms with E-state index >= 15 is 0 Å². The van der Waals surface area contributed by atoms with Crippen LogP contribution in [0.2, 0.25) is 0 Å². The summed E-state index contributed by atoms with van der Waals surface area (Å²) in [6.45, 7) is 2.40. The van der Waals surface area contributed by atoms with Crippen LogP contribution >= 0.6 is 0 Å². The van der Waals surface area contributed by atoms with Gasteiger partial charge in [0.05, 0.1) is 0 Å². The van der Waals surface area contributed by atoms with E-state index in [0.717, 1.165) is 5.69 Å². The van der Waals surface area contributed by atoms with Crippen LogP contribution in [0.3, 0.4) is 0 Å². The molecule has 2 nitrogen and oxygen atoms in total. The Kier molecular flexibility index (Phi) is 1.72. The third-order valence-corrected chi connectivity index (χ3v) is 2.96. The SMILES string of the molecule is c1cc2[n-]ccc(N3CCCC3)c-2c1. The molecule has 0 aromatic rings. The fourth-order valence-corrected chi connectivity index (χ4v) is 2.25. The Balaban J connectivity index is 2.08. The van der Waals surface area contributed by atoms with Gasteiger partial charge < -0.3 is 9.88 Å². The molecule has 0 bridgehead atoms. The lowest BCUT2D eigenvalue weighted by atomic mass is 10.2. The molecule has 0 radical (unpaired) electrons. The van der Waals surface area contributed by atoms with Crippen molar-refractivity contribution in [1.29, 1.82) is 0 Å². The van der Waals surface area contributed by atoms with E-state index in [1.807, 2.05) is 6.20 Å². The molecule has 0 saturated carbocycles. The van der Waals surface area contributed by atoms with E-state index in [0.29, 0.717) is 0 Å². The molecular formula is C12H13N2-. The highest BCUT2D eigenvalue weighted by molar-refractivity contribution is 5.78. The van der Waals surface area contributed by atoms with E-state index in [4.69, 9.17) is 0 Å². The Labute approximate surface area is 83.9 Å². The molecule has 0 N–H and O–H groups in total. The lowest BCUT2D eigenvalue weighted by Crippen LogP contribution is -2.18. The summed E-state index contributed by atoms with van der Waals surface area (Å²) in [6.07, 6.45) is 4.56. The first-order valence-electron chi connectivity index (χ1n) is 5.20. The van der Waals surface area contributed by atoms with Crippen LogP contribution in [0, 0.1) is 0 Å². The third-order valence-electron chi connectivity index (χ3n) is 2.96. The summed E-state index contributed by atoms with van der Waals surface area (Å²) in [5, 5.41) is 0. The molecule has 0 amide bonds. The number of hydrogen-bond acceptors (Lipinski definition) is 1. The Hall–Kier alpha value is -1.44. The summed E-state index contributed by atoms with van der Waals surface area (Å²) in [6, 6.07) is 8.45. The molecule has 2 heteroatoms. The van der Waals surface area contributed by atoms with Gasteiger partial charge in [-0.2, -0.15) is 6.20 Å². The van der Waals surface area contributed by atoms with Crippen LogP contribution in [0.4, 0.5) is 5.69 Å². The van der Waals surface area contributed by atoms with Gasteiger partial charge in [0.25, 0.3) is 0 Å². The number of rotatable bonds is 1. The second-order valence-corrected chi connectivity index (χ2v) is 3.85. The number of hydrogen-bond donors (Lipinski definition) is 0. The minimum atomic E-state index is 1.12. The molecule has 1 saturated heterocycles. The summed E-state index contributed by atoms with van der Waals surface area (Å²) in [5.74, 6) is 0. The molecule has 0 aromatic carbocycles. The van der Waals surface area contributed by atoms with Gasteiger partial charge in [-0.3, -0.25) is 0 Å². The molecular weight excluding hydrogens is 172 g/mol. The van der Waals surface area contributed by atoms with Crippen molar-refractivity contribution in [2.45, 2.75) is 12.8 Å². The molecule has 2 aliphatic heterocycles. The summed E-state index contributed by atoms with van der Waals surface area (Å²) in [4.78, 5) is 6.81. The van der Waals surface area contributed by atoms with E-state index in [-0.39, 0.29) is 0 Å². The van der Waals surface area contributed by atoms with E-state index in [9.17, 15) is 0 Å². The predicted molar refractivity (Wildman–Crippen MR) is 57.8 cm³/mol. The van der Waals surface area contributed by atoms with Crippen LogP contribution in [0.25, 0.3) is 11.3 Å². The largest absolute Gasteiger partial charge is 0.663 e. The van der Waals surface area contributed by atoms with Gasteiger partial charge in [-0.15, -0.1) is 5.69 Å². The van der Waals surface area contributed by atoms with Gasteiger partial charge in [0, 0.05) is 18.8 Å². The maximum atomic E-state index is 4.35. The number of anilines is 1. The summed E-state index contributed by atoms with van der Waals surface area (Å²) in [7, 11) is 0. The molecule has 14 heavy (non-hydrogen) atoms. The fourth-order valence-electron chi connectivity index (χ4n) is 2.25. The van der Waals surface area contributed by atoms with Crippen molar-refractivity contribution in [3.63, 3.8) is 0 Å². The van der Waals surface area contributed by atoms with Gasteiger partial charge in [-0.25, -0.2) is 0 Å². The van der Waals surface area contributed by atoms with Gasteiger partial charge >= 0.3 is 0 Å². The van der Waals surface area contributed by atoms with Gasteiger partial charge in [-0.1, -0.05) is 24.3 Å². The lowest BCUT2D eigenvalue weighted by molar-refractivity contribution is 0.949. The molecule has 0 unspecified atom stereocenters. The first kappa shape index (κ1) is 7.92. The minimum absolute atomic E-state index is 1.12. The first-order valence-corrected chi connectivity index (χ1v) is 5.20. The van der Waals surface area contributed by atoms with Gasteiger partial charge in [0.2, 0.25) is 0 Å². The fraction of sp³-hybridized carbons (Fsp3) is 0.333. The molecule has 72 valence electrons. The van der Waals surface area contributed by atoms with Crippen LogP contribution in [-0.2, 0) is 0 Å². The average molecular weight is 185 g/mol. The lowest BCUT2D eigenvalue weighted by Gasteiger charge is -2.24. The monoisotopic (exact) mass is 185 g/mol. The second-order valence-electron chi connectivity index (χ2n) is 3.85. The van der Waals surface area contributed by atoms with Crippen LogP contribution in [0.15, 0.2) is 30.5 Å². The highest BCUT2D eigenvalue weighted by Crippen LogP contribution is 2.32. The van der Waals surface area contributed by atoms with Crippen molar-refractivity contribution in [2.24, 2.45) is 0 Å². The predicted octanol–water partition coefficient (Wildman–Crippen LogP) is 2.35. The molecule has 3 aliphatic rings. The van der Waals surface area contributed by atoms with Crippen LogP contribution < -0.4 is 9.88 Å². The van der Waals surface area contributed by atoms with Crippen molar-refractivity contribution in [3.8, 4) is 11.3 Å². The average Bonchev–Trinajstić information content (AvgIpc) is 2.88. The van der Waals surface area contributed by atoms with Crippen molar-refractivity contribution in [3.05, 3.63) is 30.5 Å². The first-order chi connectivity index (χ1) is 6.95. The smallest absolute Gasteiger partial charge is 0.0409 e. The topological polar surface area (TPSA) is 17.3 Å². The Bertz CT molecular complexity index is 399. The Morgan fingerprint density at radius 2 is 1.93 bits per heavy atom. The second kappa shape index (κ2) is 3.05. The molecule has 3 rings (SSSR count). The highest BCUT2D eigenvalue weighted by atomic mass is 15.1. The molecule has 0 spiro atoms. The maximum absolute atomic E-state index is 4.35. The van der Waals surface area contributed by atoms with Crippen molar-refractivity contribution in [1.82, 2.24) is 4.98 Å². The van der Waals surface area contributed by atoms with Gasteiger partial charge in [0.1, 0.15) is 0 Å². The summed E-state index contributed by atoms with van der Waals surface area (Å²) >= 11 is 0. The Morgan fingerprint density at radius 3 is 2.79 bits per heavy atom. The molecule has 0 aromatic heterocycles. The van der Waals surface area contributed by atoms with Crippen LogP contribution in [-0.4, -0.2) is 13.1 Å². The van der Waals surface area contributed by atoms with E-state index in [1.165, 1.54) is 37.2 Å². The van der Waals surface area contributed by atoms with E-state index in [2.05, 4.69) is 34.1 Å². The normalized spacial score (nSPS) is 16.7. The number of aromatic nitrogens is 1. The molecule has 0 atom stereocenters.